The molecule has 0 bridgehead atoms. The molecule has 0 atom stereocenters. The molecule has 13 heavy (non-hydrogen) atoms. The molecule has 1 rings (SSSR count). The normalized spacial score (nSPS) is 15.3. The molecule has 1 aliphatic rings. The summed E-state index contributed by atoms with van der Waals surface area (Å²) < 4.78 is 0. The molecule has 0 fully saturated rings. The van der Waals surface area contributed by atoms with Gasteiger partial charge in [0.1, 0.15) is 0 Å². The molecule has 1 amide bonds. The summed E-state index contributed by atoms with van der Waals surface area (Å²) in [4.78, 5) is 15.3. The minimum atomic E-state index is 0.105. The summed E-state index contributed by atoms with van der Waals surface area (Å²) in [6.45, 7) is 4.26. The van der Waals surface area contributed by atoms with Crippen molar-refractivity contribution < 1.29 is 4.79 Å². The molecular weight excluding hydrogens is 166 g/mol. The highest BCUT2D eigenvalue weighted by atomic mass is 16.1. The van der Waals surface area contributed by atoms with E-state index in [0.717, 1.165) is 25.2 Å². The van der Waals surface area contributed by atoms with E-state index in [9.17, 15) is 4.79 Å². The van der Waals surface area contributed by atoms with Crippen molar-refractivity contribution in [1.82, 2.24) is 10.6 Å². The van der Waals surface area contributed by atoms with E-state index >= 15 is 0 Å². The third-order valence-electron chi connectivity index (χ3n) is 1.93. The summed E-state index contributed by atoms with van der Waals surface area (Å²) in [6, 6.07) is 0. The lowest BCUT2D eigenvalue weighted by atomic mass is 10.3. The van der Waals surface area contributed by atoms with Crippen molar-refractivity contribution in [3.05, 3.63) is 0 Å². The Balaban J connectivity index is 2.03. The van der Waals surface area contributed by atoms with Gasteiger partial charge >= 0.3 is 0 Å². The quantitative estimate of drug-likeness (QED) is 0.658. The van der Waals surface area contributed by atoms with Gasteiger partial charge in [-0.15, -0.1) is 0 Å². The maximum atomic E-state index is 11.0. The Labute approximate surface area is 78.8 Å². The summed E-state index contributed by atoms with van der Waals surface area (Å²) in [7, 11) is 0. The highest BCUT2D eigenvalue weighted by molar-refractivity contribution is 5.84. The molecule has 1 heterocycles. The zero-order chi connectivity index (χ0) is 9.52. The van der Waals surface area contributed by atoms with E-state index in [4.69, 9.17) is 0 Å². The molecule has 0 unspecified atom stereocenters. The molecule has 0 spiro atoms. The van der Waals surface area contributed by atoms with Gasteiger partial charge in [0.15, 0.2) is 0 Å². The molecule has 0 saturated heterocycles. The number of carbonyl (C=O) groups is 1. The third-order valence-corrected chi connectivity index (χ3v) is 1.93. The summed E-state index contributed by atoms with van der Waals surface area (Å²) >= 11 is 0. The van der Waals surface area contributed by atoms with Gasteiger partial charge in [-0.2, -0.15) is 0 Å². The van der Waals surface area contributed by atoms with E-state index in [-0.39, 0.29) is 5.91 Å². The Morgan fingerprint density at radius 2 is 2.46 bits per heavy atom. The van der Waals surface area contributed by atoms with Crippen LogP contribution in [0.5, 0.6) is 0 Å². The van der Waals surface area contributed by atoms with Gasteiger partial charge in [0.25, 0.3) is 0 Å². The Bertz CT molecular complexity index is 201. The van der Waals surface area contributed by atoms with Gasteiger partial charge in [-0.1, -0.05) is 0 Å². The monoisotopic (exact) mass is 183 g/mol. The Kier molecular flexibility index (Phi) is 4.29. The molecule has 4 heteroatoms. The average molecular weight is 183 g/mol. The van der Waals surface area contributed by atoms with Crippen molar-refractivity contribution in [2.24, 2.45) is 4.99 Å². The van der Waals surface area contributed by atoms with Crippen LogP contribution in [0, 0.1) is 0 Å². The van der Waals surface area contributed by atoms with E-state index in [0.29, 0.717) is 19.5 Å². The van der Waals surface area contributed by atoms with Gasteiger partial charge in [0.2, 0.25) is 5.91 Å². The maximum Gasteiger partial charge on any atom is 0.221 e. The number of hydrogen-bond acceptors (Lipinski definition) is 3. The van der Waals surface area contributed by atoms with Gasteiger partial charge < -0.3 is 10.6 Å². The van der Waals surface area contributed by atoms with E-state index in [1.807, 2.05) is 6.92 Å². The zero-order valence-corrected chi connectivity index (χ0v) is 8.10. The fourth-order valence-corrected chi connectivity index (χ4v) is 1.29. The number of hydrogen-bond donors (Lipinski definition) is 2. The molecule has 1 aliphatic heterocycles. The Hall–Kier alpha value is -1.06. The molecule has 4 nitrogen and oxygen atoms in total. The second-order valence-electron chi connectivity index (χ2n) is 3.06. The van der Waals surface area contributed by atoms with Crippen LogP contribution in [-0.2, 0) is 4.79 Å². The van der Waals surface area contributed by atoms with Gasteiger partial charge in [0, 0.05) is 32.5 Å². The molecule has 0 aromatic carbocycles. The molecule has 0 saturated carbocycles. The van der Waals surface area contributed by atoms with Crippen molar-refractivity contribution in [3.8, 4) is 0 Å². The predicted octanol–water partition coefficient (Wildman–Crippen LogP) is 0.294. The van der Waals surface area contributed by atoms with Crippen LogP contribution in [0.2, 0.25) is 0 Å². The Morgan fingerprint density at radius 3 is 3.08 bits per heavy atom. The Morgan fingerprint density at radius 1 is 1.62 bits per heavy atom. The molecule has 0 aromatic heterocycles. The fraction of sp³-hybridized carbons (Fsp3) is 0.778. The van der Waals surface area contributed by atoms with Crippen LogP contribution < -0.4 is 10.6 Å². The average Bonchev–Trinajstić information content (AvgIpc) is 2.57. The first-order valence-electron chi connectivity index (χ1n) is 4.87. The summed E-state index contributed by atoms with van der Waals surface area (Å²) in [5.74, 6) is 1.16. The van der Waals surface area contributed by atoms with Crippen LogP contribution in [0.4, 0.5) is 0 Å². The van der Waals surface area contributed by atoms with Gasteiger partial charge in [0.05, 0.1) is 5.84 Å². The second kappa shape index (κ2) is 5.56. The van der Waals surface area contributed by atoms with Gasteiger partial charge in [-0.05, 0) is 13.3 Å². The van der Waals surface area contributed by atoms with Gasteiger partial charge in [-0.25, -0.2) is 0 Å². The molecule has 0 aromatic rings. The van der Waals surface area contributed by atoms with Crippen molar-refractivity contribution in [2.45, 2.75) is 26.2 Å². The number of nitrogens with zero attached hydrogens (tertiary/aromatic N) is 1. The molecule has 2 N–H and O–H groups in total. The number of amides is 1. The molecule has 0 aliphatic carbocycles. The third kappa shape index (κ3) is 3.92. The van der Waals surface area contributed by atoms with Gasteiger partial charge in [-0.3, -0.25) is 9.79 Å². The van der Waals surface area contributed by atoms with Crippen LogP contribution >= 0.6 is 0 Å². The zero-order valence-electron chi connectivity index (χ0n) is 8.10. The lowest BCUT2D eigenvalue weighted by Gasteiger charge is -2.05. The van der Waals surface area contributed by atoms with Crippen molar-refractivity contribution in [1.29, 1.82) is 0 Å². The molecule has 0 radical (unpaired) electrons. The van der Waals surface area contributed by atoms with Crippen LogP contribution in [-0.4, -0.2) is 31.4 Å². The number of rotatable bonds is 4. The summed E-state index contributed by atoms with van der Waals surface area (Å²) in [5, 5.41) is 5.91. The topological polar surface area (TPSA) is 53.5 Å². The highest BCUT2D eigenvalue weighted by Gasteiger charge is 2.05. The van der Waals surface area contributed by atoms with Crippen molar-refractivity contribution in [2.75, 3.05) is 19.6 Å². The van der Waals surface area contributed by atoms with Crippen LogP contribution in [0.1, 0.15) is 26.2 Å². The first-order chi connectivity index (χ1) is 6.33. The van der Waals surface area contributed by atoms with Crippen LogP contribution in [0.15, 0.2) is 4.99 Å². The fourth-order valence-electron chi connectivity index (χ4n) is 1.29. The number of nitrogens with one attached hydrogen (secondary N) is 2. The van der Waals surface area contributed by atoms with E-state index in [2.05, 4.69) is 15.6 Å². The maximum absolute atomic E-state index is 11.0. The lowest BCUT2D eigenvalue weighted by Crippen LogP contribution is -2.29. The minimum Gasteiger partial charge on any atom is -0.373 e. The lowest BCUT2D eigenvalue weighted by molar-refractivity contribution is -0.120. The van der Waals surface area contributed by atoms with E-state index in [1.54, 1.807) is 0 Å². The first-order valence-corrected chi connectivity index (χ1v) is 4.87. The standard InChI is InChI=1S/C9H17N3O/c1-2-10-9(13)5-7-12-8-4-3-6-11-8/h2-7H2,1H3,(H,10,13)(H,11,12). The van der Waals surface area contributed by atoms with Crippen molar-refractivity contribution >= 4 is 11.7 Å². The largest absolute Gasteiger partial charge is 0.373 e. The van der Waals surface area contributed by atoms with Crippen LogP contribution in [0.25, 0.3) is 0 Å². The smallest absolute Gasteiger partial charge is 0.221 e. The van der Waals surface area contributed by atoms with Crippen LogP contribution in [0.3, 0.4) is 0 Å². The first kappa shape index (κ1) is 10.0. The highest BCUT2D eigenvalue weighted by Crippen LogP contribution is 2.00. The SMILES string of the molecule is CCNC(=O)CCNC1=NCCC1. The number of aliphatic imine (C=N–C) groups is 1. The molecule has 74 valence electrons. The van der Waals surface area contributed by atoms with Crippen molar-refractivity contribution in [3.63, 3.8) is 0 Å². The summed E-state index contributed by atoms with van der Waals surface area (Å²) in [5.41, 5.74) is 0. The number of amidine groups is 1. The molecular formula is C9H17N3O. The van der Waals surface area contributed by atoms with E-state index in [1.165, 1.54) is 0 Å². The van der Waals surface area contributed by atoms with E-state index < -0.39 is 0 Å². The minimum absolute atomic E-state index is 0.105. The summed E-state index contributed by atoms with van der Waals surface area (Å²) in [6.07, 6.45) is 2.71. The number of carbonyl (C=O) groups excluding carboxylic acids is 1. The predicted molar refractivity (Wildman–Crippen MR) is 52.8 cm³/mol. The second-order valence-corrected chi connectivity index (χ2v) is 3.06.